The fraction of sp³-hybridized carbons (Fsp3) is 0.292. The van der Waals surface area contributed by atoms with Crippen LogP contribution in [0.2, 0.25) is 0 Å². The van der Waals surface area contributed by atoms with Gasteiger partial charge in [-0.1, -0.05) is 42.5 Å². The lowest BCUT2D eigenvalue weighted by Crippen LogP contribution is -2.22. The Kier molecular flexibility index (Phi) is 4.61. The van der Waals surface area contributed by atoms with E-state index in [1.165, 1.54) is 29.7 Å². The highest BCUT2D eigenvalue weighted by molar-refractivity contribution is 6.13. The van der Waals surface area contributed by atoms with Crippen molar-refractivity contribution in [2.24, 2.45) is 0 Å². The maximum atomic E-state index is 13.1. The second kappa shape index (κ2) is 7.07. The van der Waals surface area contributed by atoms with Gasteiger partial charge in [-0.2, -0.15) is 0 Å². The first-order valence-electron chi connectivity index (χ1n) is 9.71. The average molecular weight is 358 g/mol. The smallest absolute Gasteiger partial charge is 0.256 e. The Morgan fingerprint density at radius 2 is 1.63 bits per heavy atom. The number of benzene rings is 3. The Morgan fingerprint density at radius 1 is 0.926 bits per heavy atom. The van der Waals surface area contributed by atoms with E-state index in [9.17, 15) is 4.79 Å². The first-order chi connectivity index (χ1) is 13.1. The zero-order chi connectivity index (χ0) is 19.0. The molecule has 0 atom stereocenters. The molecule has 1 fully saturated rings. The van der Waals surface area contributed by atoms with Gasteiger partial charge < -0.3 is 10.2 Å². The Balaban J connectivity index is 1.73. The van der Waals surface area contributed by atoms with Crippen molar-refractivity contribution >= 4 is 28.1 Å². The van der Waals surface area contributed by atoms with Gasteiger partial charge in [-0.3, -0.25) is 4.79 Å². The van der Waals surface area contributed by atoms with Gasteiger partial charge in [-0.05, 0) is 67.1 Å². The van der Waals surface area contributed by atoms with Gasteiger partial charge in [0, 0.05) is 30.0 Å². The second-order valence-corrected chi connectivity index (χ2v) is 7.53. The number of hydrogen-bond acceptors (Lipinski definition) is 2. The topological polar surface area (TPSA) is 32.3 Å². The molecule has 1 heterocycles. The Morgan fingerprint density at radius 3 is 2.41 bits per heavy atom. The predicted molar refractivity (Wildman–Crippen MR) is 114 cm³/mol. The summed E-state index contributed by atoms with van der Waals surface area (Å²) in [6.07, 6.45) is 2.48. The Bertz CT molecular complexity index is 1010. The van der Waals surface area contributed by atoms with Crippen molar-refractivity contribution in [3.8, 4) is 0 Å². The molecular formula is C24H26N2O. The lowest BCUT2D eigenvalue weighted by atomic mass is 10.00. The number of anilines is 2. The van der Waals surface area contributed by atoms with Gasteiger partial charge in [-0.25, -0.2) is 0 Å². The lowest BCUT2D eigenvalue weighted by molar-refractivity contribution is 0.102. The molecule has 4 rings (SSSR count). The van der Waals surface area contributed by atoms with Gasteiger partial charge in [0.2, 0.25) is 0 Å². The van der Waals surface area contributed by atoms with Crippen LogP contribution in [-0.4, -0.2) is 19.0 Å². The van der Waals surface area contributed by atoms with Crippen LogP contribution in [0.5, 0.6) is 0 Å². The summed E-state index contributed by atoms with van der Waals surface area (Å²) < 4.78 is 0. The summed E-state index contributed by atoms with van der Waals surface area (Å²) in [7, 11) is 0. The summed E-state index contributed by atoms with van der Waals surface area (Å²) >= 11 is 0. The normalized spacial score (nSPS) is 14.0. The van der Waals surface area contributed by atoms with Crippen LogP contribution < -0.4 is 10.2 Å². The van der Waals surface area contributed by atoms with Crippen molar-refractivity contribution in [3.05, 3.63) is 70.8 Å². The monoisotopic (exact) mass is 358 g/mol. The van der Waals surface area contributed by atoms with Crippen molar-refractivity contribution in [1.82, 2.24) is 0 Å². The molecule has 1 N–H and O–H groups in total. The Labute approximate surface area is 161 Å². The van der Waals surface area contributed by atoms with Gasteiger partial charge >= 0.3 is 0 Å². The van der Waals surface area contributed by atoms with Crippen LogP contribution in [0.25, 0.3) is 10.8 Å². The molecule has 1 amide bonds. The molecule has 0 aliphatic carbocycles. The minimum Gasteiger partial charge on any atom is -0.371 e. The van der Waals surface area contributed by atoms with E-state index in [1.807, 2.05) is 42.5 Å². The van der Waals surface area contributed by atoms with E-state index in [0.29, 0.717) is 0 Å². The number of fused-ring (bicyclic) bond motifs is 1. The van der Waals surface area contributed by atoms with Crippen LogP contribution >= 0.6 is 0 Å². The summed E-state index contributed by atoms with van der Waals surface area (Å²) in [6.45, 7) is 8.58. The van der Waals surface area contributed by atoms with Crippen LogP contribution in [0.1, 0.15) is 39.9 Å². The number of rotatable bonds is 3. The highest BCUT2D eigenvalue weighted by Gasteiger charge is 2.21. The molecule has 1 aliphatic rings. The van der Waals surface area contributed by atoms with Gasteiger partial charge in [-0.15, -0.1) is 0 Å². The molecule has 3 aromatic carbocycles. The zero-order valence-corrected chi connectivity index (χ0v) is 16.3. The summed E-state index contributed by atoms with van der Waals surface area (Å²) in [5.74, 6) is -0.0470. The van der Waals surface area contributed by atoms with Crippen LogP contribution in [0.4, 0.5) is 11.4 Å². The summed E-state index contributed by atoms with van der Waals surface area (Å²) in [5, 5.41) is 5.28. The fourth-order valence-corrected chi connectivity index (χ4v) is 4.40. The van der Waals surface area contributed by atoms with Gasteiger partial charge in [0.25, 0.3) is 5.91 Å². The maximum absolute atomic E-state index is 13.1. The molecule has 3 nitrogen and oxygen atoms in total. The Hall–Kier alpha value is -2.81. The van der Waals surface area contributed by atoms with E-state index in [4.69, 9.17) is 0 Å². The predicted octanol–water partition coefficient (Wildman–Crippen LogP) is 5.62. The molecular weight excluding hydrogens is 332 g/mol. The number of aryl methyl sites for hydroxylation is 2. The molecule has 1 aliphatic heterocycles. The molecule has 0 bridgehead atoms. The third-order valence-electron chi connectivity index (χ3n) is 5.63. The maximum Gasteiger partial charge on any atom is 0.256 e. The van der Waals surface area contributed by atoms with Crippen molar-refractivity contribution in [2.45, 2.75) is 33.6 Å². The summed E-state index contributed by atoms with van der Waals surface area (Å²) in [4.78, 5) is 15.6. The van der Waals surface area contributed by atoms with Crippen molar-refractivity contribution in [2.75, 3.05) is 23.3 Å². The molecule has 3 heteroatoms. The fourth-order valence-electron chi connectivity index (χ4n) is 4.40. The van der Waals surface area contributed by atoms with Crippen LogP contribution in [-0.2, 0) is 0 Å². The third kappa shape index (κ3) is 3.18. The molecule has 138 valence electrons. The molecule has 0 spiro atoms. The van der Waals surface area contributed by atoms with E-state index in [1.54, 1.807) is 0 Å². The quantitative estimate of drug-likeness (QED) is 0.659. The average Bonchev–Trinajstić information content (AvgIpc) is 3.18. The summed E-state index contributed by atoms with van der Waals surface area (Å²) in [5.41, 5.74) is 6.52. The molecule has 0 aromatic heterocycles. The van der Waals surface area contributed by atoms with Crippen LogP contribution in [0.3, 0.4) is 0 Å². The third-order valence-corrected chi connectivity index (χ3v) is 5.63. The van der Waals surface area contributed by atoms with E-state index >= 15 is 0 Å². The number of carbonyl (C=O) groups is 1. The van der Waals surface area contributed by atoms with Gasteiger partial charge in [0.1, 0.15) is 0 Å². The SMILES string of the molecule is Cc1cc(C)c(N2CCCC2)c(C)c1NC(=O)c1cccc2ccccc12. The summed E-state index contributed by atoms with van der Waals surface area (Å²) in [6, 6.07) is 16.1. The molecule has 0 radical (unpaired) electrons. The number of nitrogens with zero attached hydrogens (tertiary/aromatic N) is 1. The molecule has 1 saturated heterocycles. The van der Waals surface area contributed by atoms with E-state index in [-0.39, 0.29) is 5.91 Å². The lowest BCUT2D eigenvalue weighted by Gasteiger charge is -2.26. The van der Waals surface area contributed by atoms with E-state index in [0.717, 1.165) is 40.7 Å². The molecule has 0 unspecified atom stereocenters. The van der Waals surface area contributed by atoms with Crippen LogP contribution in [0, 0.1) is 20.8 Å². The first kappa shape index (κ1) is 17.6. The number of amides is 1. The van der Waals surface area contributed by atoms with E-state index in [2.05, 4.69) is 37.1 Å². The van der Waals surface area contributed by atoms with Gasteiger partial charge in [0.15, 0.2) is 0 Å². The molecule has 27 heavy (non-hydrogen) atoms. The largest absolute Gasteiger partial charge is 0.371 e. The van der Waals surface area contributed by atoms with Crippen LogP contribution in [0.15, 0.2) is 48.5 Å². The second-order valence-electron chi connectivity index (χ2n) is 7.53. The number of nitrogens with one attached hydrogen (secondary N) is 1. The minimum atomic E-state index is -0.0470. The molecule has 0 saturated carbocycles. The minimum absolute atomic E-state index is 0.0470. The first-order valence-corrected chi connectivity index (χ1v) is 9.71. The number of carbonyl (C=O) groups excluding carboxylic acids is 1. The van der Waals surface area contributed by atoms with Gasteiger partial charge in [0.05, 0.1) is 0 Å². The van der Waals surface area contributed by atoms with E-state index < -0.39 is 0 Å². The van der Waals surface area contributed by atoms with Crippen molar-refractivity contribution in [1.29, 1.82) is 0 Å². The number of hydrogen-bond donors (Lipinski definition) is 1. The zero-order valence-electron chi connectivity index (χ0n) is 16.3. The highest BCUT2D eigenvalue weighted by Crippen LogP contribution is 2.35. The highest BCUT2D eigenvalue weighted by atomic mass is 16.1. The van der Waals surface area contributed by atoms with Crippen molar-refractivity contribution in [3.63, 3.8) is 0 Å². The standard InChI is InChI=1S/C24H26N2O/c1-16-15-17(2)23(26-13-6-7-14-26)18(3)22(16)25-24(27)21-12-8-10-19-9-4-5-11-20(19)21/h4-5,8-12,15H,6-7,13-14H2,1-3H3,(H,25,27). The molecule has 3 aromatic rings. The van der Waals surface area contributed by atoms with Crippen molar-refractivity contribution < 1.29 is 4.79 Å².